The van der Waals surface area contributed by atoms with Gasteiger partial charge in [-0.05, 0) is 42.3 Å². The highest BCUT2D eigenvalue weighted by Gasteiger charge is 2.18. The lowest BCUT2D eigenvalue weighted by atomic mass is 10.2. The van der Waals surface area contributed by atoms with Crippen molar-refractivity contribution in [3.8, 4) is 0 Å². The summed E-state index contributed by atoms with van der Waals surface area (Å²) in [5.74, 6) is -0.331. The minimum absolute atomic E-state index is 0.137. The topological polar surface area (TPSA) is 75.3 Å². The number of carbonyl (C=O) groups excluding carboxylic acids is 1. The van der Waals surface area contributed by atoms with Crippen LogP contribution < -0.4 is 10.0 Å². The molecule has 0 aliphatic rings. The molecular weight excluding hydrogens is 452 g/mol. The Labute approximate surface area is 189 Å². The fourth-order valence-electron chi connectivity index (χ4n) is 3.12. The van der Waals surface area contributed by atoms with Gasteiger partial charge in [-0.15, -0.1) is 11.3 Å². The first kappa shape index (κ1) is 21.5. The van der Waals surface area contributed by atoms with E-state index in [1.807, 2.05) is 54.6 Å². The van der Waals surface area contributed by atoms with Gasteiger partial charge in [0.2, 0.25) is 10.0 Å². The fraction of sp³-hybridized carbons (Fsp3) is 0.0870. The van der Waals surface area contributed by atoms with Crippen molar-refractivity contribution in [1.82, 2.24) is 4.72 Å². The normalized spacial score (nSPS) is 11.5. The van der Waals surface area contributed by atoms with Crippen LogP contribution in [-0.4, -0.2) is 20.9 Å². The average Bonchev–Trinajstić information content (AvgIpc) is 3.12. The Morgan fingerprint density at radius 2 is 1.58 bits per heavy atom. The fourth-order valence-corrected chi connectivity index (χ4v) is 5.57. The summed E-state index contributed by atoms with van der Waals surface area (Å²) in [6.45, 7) is 0.301. The lowest BCUT2D eigenvalue weighted by Gasteiger charge is -2.09. The van der Waals surface area contributed by atoms with Crippen molar-refractivity contribution in [1.29, 1.82) is 0 Å². The van der Waals surface area contributed by atoms with Crippen LogP contribution in [0.3, 0.4) is 0 Å². The maximum Gasteiger partial charge on any atom is 0.267 e. The Morgan fingerprint density at radius 3 is 2.29 bits per heavy atom. The summed E-state index contributed by atoms with van der Waals surface area (Å²) in [7, 11) is -3.63. The maximum atomic E-state index is 12.6. The van der Waals surface area contributed by atoms with Crippen molar-refractivity contribution in [3.05, 3.63) is 94.3 Å². The predicted octanol–water partition coefficient (Wildman–Crippen LogP) is 5.33. The number of nitrogens with one attached hydrogen (secondary N) is 2. The van der Waals surface area contributed by atoms with Gasteiger partial charge in [0, 0.05) is 22.3 Å². The second-order valence-electron chi connectivity index (χ2n) is 6.85. The molecule has 0 fully saturated rings. The van der Waals surface area contributed by atoms with Crippen molar-refractivity contribution in [2.75, 3.05) is 11.9 Å². The number of carbonyl (C=O) groups is 1. The lowest BCUT2D eigenvalue weighted by molar-refractivity contribution is 0.103. The van der Waals surface area contributed by atoms with E-state index in [-0.39, 0.29) is 10.8 Å². The average molecular weight is 471 g/mol. The molecular formula is C23H19ClN2O3S2. The zero-order chi connectivity index (χ0) is 21.8. The van der Waals surface area contributed by atoms with Crippen LogP contribution in [0, 0.1) is 0 Å². The number of thiophene rings is 1. The van der Waals surface area contributed by atoms with Crippen LogP contribution in [0.2, 0.25) is 5.02 Å². The first-order valence-electron chi connectivity index (χ1n) is 9.56. The van der Waals surface area contributed by atoms with Crippen LogP contribution >= 0.6 is 22.9 Å². The van der Waals surface area contributed by atoms with E-state index in [0.717, 1.165) is 15.6 Å². The Balaban J connectivity index is 1.41. The summed E-state index contributed by atoms with van der Waals surface area (Å²) in [6, 6.07) is 23.3. The number of halogens is 1. The van der Waals surface area contributed by atoms with Crippen LogP contribution in [0.15, 0.2) is 83.8 Å². The Hall–Kier alpha value is -2.71. The molecule has 2 N–H and O–H groups in total. The zero-order valence-corrected chi connectivity index (χ0v) is 18.7. The van der Waals surface area contributed by atoms with E-state index in [0.29, 0.717) is 28.6 Å². The second-order valence-corrected chi connectivity index (χ2v) is 10.1. The van der Waals surface area contributed by atoms with Crippen molar-refractivity contribution in [3.63, 3.8) is 0 Å². The van der Waals surface area contributed by atoms with Crippen molar-refractivity contribution >= 4 is 54.6 Å². The van der Waals surface area contributed by atoms with E-state index in [4.69, 9.17) is 11.6 Å². The number of anilines is 1. The number of rotatable bonds is 7. The van der Waals surface area contributed by atoms with Gasteiger partial charge in [0.05, 0.1) is 9.92 Å². The van der Waals surface area contributed by atoms with Gasteiger partial charge >= 0.3 is 0 Å². The number of fused-ring (bicyclic) bond motifs is 1. The van der Waals surface area contributed by atoms with Gasteiger partial charge in [-0.2, -0.15) is 0 Å². The van der Waals surface area contributed by atoms with Gasteiger partial charge in [-0.25, -0.2) is 13.1 Å². The number of sulfonamides is 1. The Kier molecular flexibility index (Phi) is 6.38. The maximum absolute atomic E-state index is 12.6. The molecule has 0 bridgehead atoms. The summed E-state index contributed by atoms with van der Waals surface area (Å²) in [4.78, 5) is 13.2. The molecule has 0 unspecified atom stereocenters. The van der Waals surface area contributed by atoms with Crippen LogP contribution in [0.4, 0.5) is 5.69 Å². The van der Waals surface area contributed by atoms with Gasteiger partial charge in [0.15, 0.2) is 0 Å². The van der Waals surface area contributed by atoms with E-state index in [2.05, 4.69) is 10.0 Å². The predicted molar refractivity (Wildman–Crippen MR) is 127 cm³/mol. The molecule has 0 spiro atoms. The Morgan fingerprint density at radius 1 is 0.903 bits per heavy atom. The van der Waals surface area contributed by atoms with Gasteiger partial charge in [-0.1, -0.05) is 60.1 Å². The third-order valence-electron chi connectivity index (χ3n) is 4.71. The quantitative estimate of drug-likeness (QED) is 0.383. The van der Waals surface area contributed by atoms with Crippen LogP contribution in [0.5, 0.6) is 0 Å². The molecule has 4 aromatic rings. The standard InChI is InChI=1S/C23H19ClN2O3S2/c24-21-19-8-4-5-9-20(19)30-22(21)23(27)26-17-10-12-18(13-11-17)31(28,29)25-15-14-16-6-2-1-3-7-16/h1-13,25H,14-15H2,(H,26,27). The highest BCUT2D eigenvalue weighted by atomic mass is 35.5. The molecule has 0 atom stereocenters. The summed E-state index contributed by atoms with van der Waals surface area (Å²) in [5.41, 5.74) is 1.55. The van der Waals surface area contributed by atoms with Crippen molar-refractivity contribution in [2.24, 2.45) is 0 Å². The number of hydrogen-bond acceptors (Lipinski definition) is 4. The Bertz CT molecular complexity index is 1320. The highest BCUT2D eigenvalue weighted by molar-refractivity contribution is 7.89. The molecule has 0 saturated carbocycles. The smallest absolute Gasteiger partial charge is 0.267 e. The molecule has 31 heavy (non-hydrogen) atoms. The van der Waals surface area contributed by atoms with E-state index >= 15 is 0 Å². The molecule has 0 aliphatic heterocycles. The molecule has 0 aliphatic carbocycles. The van der Waals surface area contributed by atoms with Crippen molar-refractivity contribution < 1.29 is 13.2 Å². The van der Waals surface area contributed by atoms with Gasteiger partial charge in [0.1, 0.15) is 4.88 Å². The molecule has 158 valence electrons. The van der Waals surface area contributed by atoms with Crippen molar-refractivity contribution in [2.45, 2.75) is 11.3 Å². The third kappa shape index (κ3) is 4.97. The van der Waals surface area contributed by atoms with Gasteiger partial charge in [0.25, 0.3) is 5.91 Å². The molecule has 3 aromatic carbocycles. The zero-order valence-electron chi connectivity index (χ0n) is 16.3. The molecule has 0 radical (unpaired) electrons. The first-order valence-corrected chi connectivity index (χ1v) is 12.2. The lowest BCUT2D eigenvalue weighted by Crippen LogP contribution is -2.26. The monoisotopic (exact) mass is 470 g/mol. The molecule has 0 saturated heterocycles. The van der Waals surface area contributed by atoms with E-state index < -0.39 is 10.0 Å². The van der Waals surface area contributed by atoms with Crippen LogP contribution in [-0.2, 0) is 16.4 Å². The molecule has 1 heterocycles. The largest absolute Gasteiger partial charge is 0.321 e. The van der Waals surface area contributed by atoms with E-state index in [9.17, 15) is 13.2 Å². The third-order valence-corrected chi connectivity index (χ3v) is 7.86. The summed E-state index contributed by atoms with van der Waals surface area (Å²) >= 11 is 7.67. The number of amides is 1. The SMILES string of the molecule is O=C(Nc1ccc(S(=O)(=O)NCCc2ccccc2)cc1)c1sc2ccccc2c1Cl. The van der Waals surface area contributed by atoms with Gasteiger partial charge in [-0.3, -0.25) is 4.79 Å². The minimum Gasteiger partial charge on any atom is -0.321 e. The molecule has 4 rings (SSSR count). The number of hydrogen-bond donors (Lipinski definition) is 2. The second kappa shape index (κ2) is 9.20. The minimum atomic E-state index is -3.63. The molecule has 8 heteroatoms. The summed E-state index contributed by atoms with van der Waals surface area (Å²) in [6.07, 6.45) is 0.601. The molecule has 1 aromatic heterocycles. The molecule has 5 nitrogen and oxygen atoms in total. The first-order chi connectivity index (χ1) is 14.9. The van der Waals surface area contributed by atoms with E-state index in [1.54, 1.807) is 12.1 Å². The summed E-state index contributed by atoms with van der Waals surface area (Å²) in [5, 5.41) is 4.03. The van der Waals surface area contributed by atoms with Crippen LogP contribution in [0.25, 0.3) is 10.1 Å². The molecule has 1 amide bonds. The van der Waals surface area contributed by atoms with Crippen LogP contribution in [0.1, 0.15) is 15.2 Å². The summed E-state index contributed by atoms with van der Waals surface area (Å²) < 4.78 is 28.5. The van der Waals surface area contributed by atoms with E-state index in [1.165, 1.54) is 23.5 Å². The number of benzene rings is 3. The highest BCUT2D eigenvalue weighted by Crippen LogP contribution is 2.35. The van der Waals surface area contributed by atoms with Gasteiger partial charge < -0.3 is 5.32 Å².